The minimum Gasteiger partial charge on any atom is -0.497 e. The van der Waals surface area contributed by atoms with Crippen molar-refractivity contribution in [2.75, 3.05) is 58.1 Å². The highest BCUT2D eigenvalue weighted by atomic mass is 16.5. The first-order valence-corrected chi connectivity index (χ1v) is 16.1. The highest BCUT2D eigenvalue weighted by Crippen LogP contribution is 2.31. The van der Waals surface area contributed by atoms with Crippen molar-refractivity contribution in [3.63, 3.8) is 0 Å². The highest BCUT2D eigenvalue weighted by molar-refractivity contribution is 6.08. The SMILES string of the molecule is COc1ccc2c(c1)c(=O)c1c(NCCCN(C)CCCNc3ccc4ncn5c6ccc(OC)cc6c(=O)c3c45)ccc3ncn2c31. The van der Waals surface area contributed by atoms with Crippen molar-refractivity contribution < 1.29 is 9.47 Å². The molecule has 0 saturated heterocycles. The van der Waals surface area contributed by atoms with Crippen LogP contribution in [0.25, 0.3) is 54.6 Å². The van der Waals surface area contributed by atoms with Crippen LogP contribution in [0.1, 0.15) is 12.8 Å². The number of pyridine rings is 2. The normalized spacial score (nSPS) is 12.1. The van der Waals surface area contributed by atoms with Crippen LogP contribution in [0, 0.1) is 0 Å². The van der Waals surface area contributed by atoms with Crippen LogP contribution in [0.5, 0.6) is 11.5 Å². The number of hydrogen-bond donors (Lipinski definition) is 2. The van der Waals surface area contributed by atoms with Gasteiger partial charge < -0.3 is 25.0 Å². The average molecular weight is 642 g/mol. The van der Waals surface area contributed by atoms with Crippen LogP contribution in [-0.4, -0.2) is 71.1 Å². The molecule has 0 aliphatic heterocycles. The van der Waals surface area contributed by atoms with Gasteiger partial charge in [0.2, 0.25) is 0 Å². The summed E-state index contributed by atoms with van der Waals surface area (Å²) in [6.07, 6.45) is 5.36. The molecule has 0 spiro atoms. The molecule has 0 unspecified atom stereocenters. The first-order chi connectivity index (χ1) is 23.5. The summed E-state index contributed by atoms with van der Waals surface area (Å²) in [7, 11) is 5.32. The van der Waals surface area contributed by atoms with Gasteiger partial charge in [-0.15, -0.1) is 0 Å². The lowest BCUT2D eigenvalue weighted by molar-refractivity contribution is 0.331. The van der Waals surface area contributed by atoms with E-state index in [1.165, 1.54) is 0 Å². The molecule has 2 N–H and O–H groups in total. The maximum absolute atomic E-state index is 13.7. The lowest BCUT2D eigenvalue weighted by atomic mass is 10.1. The fourth-order valence-electron chi connectivity index (χ4n) is 6.92. The van der Waals surface area contributed by atoms with E-state index in [9.17, 15) is 9.59 Å². The second kappa shape index (κ2) is 11.8. The standard InChI is InChI=1S/C37H35N7O4/c1-42(16-4-14-38-26-8-10-28-34-32(26)36(45)24-18-22(47-2)6-12-30(24)43(34)20-40-28)17-5-15-39-27-9-11-29-35-33(27)37(46)25-19-23(48-3)7-13-31(25)44(35)21-41-29/h6-13,18-21,38-39H,4-5,14-17H2,1-3H3. The zero-order valence-corrected chi connectivity index (χ0v) is 27.0. The molecule has 48 heavy (non-hydrogen) atoms. The summed E-state index contributed by atoms with van der Waals surface area (Å²) >= 11 is 0. The number of hydrogen-bond acceptors (Lipinski definition) is 9. The van der Waals surface area contributed by atoms with Crippen LogP contribution in [-0.2, 0) is 0 Å². The number of benzene rings is 4. The van der Waals surface area contributed by atoms with E-state index in [4.69, 9.17) is 9.47 Å². The topological polar surface area (TPSA) is 115 Å². The summed E-state index contributed by atoms with van der Waals surface area (Å²) in [6, 6.07) is 18.9. The molecule has 0 aliphatic carbocycles. The van der Waals surface area contributed by atoms with Gasteiger partial charge in [0, 0.05) is 24.5 Å². The molecule has 0 aliphatic rings. The number of aromatic nitrogens is 4. The Labute approximate surface area is 275 Å². The third-order valence-corrected chi connectivity index (χ3v) is 9.35. The van der Waals surface area contributed by atoms with Gasteiger partial charge in [-0.2, -0.15) is 0 Å². The number of nitrogens with one attached hydrogen (secondary N) is 2. The third-order valence-electron chi connectivity index (χ3n) is 9.35. The molecule has 4 aromatic carbocycles. The Morgan fingerprint density at radius 2 is 1.12 bits per heavy atom. The summed E-state index contributed by atoms with van der Waals surface area (Å²) in [6.45, 7) is 3.23. The van der Waals surface area contributed by atoms with E-state index in [0.29, 0.717) is 33.0 Å². The van der Waals surface area contributed by atoms with Gasteiger partial charge in [-0.3, -0.25) is 18.4 Å². The molecular weight excluding hydrogens is 606 g/mol. The lowest BCUT2D eigenvalue weighted by Gasteiger charge is -2.18. The third kappa shape index (κ3) is 4.77. The van der Waals surface area contributed by atoms with E-state index in [2.05, 4.69) is 32.5 Å². The van der Waals surface area contributed by atoms with Crippen molar-refractivity contribution in [2.45, 2.75) is 12.8 Å². The molecule has 0 bridgehead atoms. The first kappa shape index (κ1) is 29.7. The first-order valence-electron chi connectivity index (χ1n) is 16.1. The minimum atomic E-state index is -0.0296. The van der Waals surface area contributed by atoms with Crippen LogP contribution in [0.3, 0.4) is 0 Å². The van der Waals surface area contributed by atoms with Crippen LogP contribution in [0.15, 0.2) is 82.9 Å². The van der Waals surface area contributed by atoms with Gasteiger partial charge >= 0.3 is 0 Å². The lowest BCUT2D eigenvalue weighted by Crippen LogP contribution is -2.24. The second-order valence-electron chi connectivity index (χ2n) is 12.2. The van der Waals surface area contributed by atoms with E-state index in [1.807, 2.05) is 57.3 Å². The number of imidazole rings is 2. The Morgan fingerprint density at radius 1 is 0.667 bits per heavy atom. The van der Waals surface area contributed by atoms with Gasteiger partial charge in [0.05, 0.1) is 68.9 Å². The van der Waals surface area contributed by atoms with Crippen LogP contribution >= 0.6 is 0 Å². The van der Waals surface area contributed by atoms with Crippen LogP contribution in [0.2, 0.25) is 0 Å². The molecule has 0 saturated carbocycles. The number of anilines is 2. The molecule has 0 radical (unpaired) electrons. The maximum Gasteiger partial charge on any atom is 0.199 e. The summed E-state index contributed by atoms with van der Waals surface area (Å²) in [4.78, 5) is 38.8. The fraction of sp³-hybridized carbons (Fsp3) is 0.243. The molecule has 4 aromatic heterocycles. The Morgan fingerprint density at radius 3 is 1.56 bits per heavy atom. The van der Waals surface area contributed by atoms with Crippen LogP contribution in [0.4, 0.5) is 11.4 Å². The summed E-state index contributed by atoms with van der Waals surface area (Å²) in [5, 5.41) is 9.53. The van der Waals surface area contributed by atoms with Crippen molar-refractivity contribution in [1.29, 1.82) is 0 Å². The minimum absolute atomic E-state index is 0.0296. The van der Waals surface area contributed by atoms with Gasteiger partial charge in [-0.1, -0.05) is 0 Å². The molecule has 8 rings (SSSR count). The molecule has 8 aromatic rings. The van der Waals surface area contributed by atoms with Crippen LogP contribution < -0.4 is 31.0 Å². The number of fused-ring (bicyclic) bond motifs is 4. The molecule has 11 nitrogen and oxygen atoms in total. The van der Waals surface area contributed by atoms with E-state index in [1.54, 1.807) is 39.0 Å². The molecule has 0 amide bonds. The van der Waals surface area contributed by atoms with Crippen molar-refractivity contribution in [1.82, 2.24) is 23.7 Å². The Balaban J connectivity index is 0.910. The van der Waals surface area contributed by atoms with Crippen molar-refractivity contribution in [3.05, 3.63) is 93.8 Å². The molecule has 11 heteroatoms. The van der Waals surface area contributed by atoms with E-state index >= 15 is 0 Å². The van der Waals surface area contributed by atoms with Gasteiger partial charge in [0.1, 0.15) is 24.2 Å². The monoisotopic (exact) mass is 641 g/mol. The van der Waals surface area contributed by atoms with Crippen molar-refractivity contribution >= 4 is 66.0 Å². The summed E-state index contributed by atoms with van der Waals surface area (Å²) < 4.78 is 14.8. The Kier molecular flexibility index (Phi) is 7.33. The predicted octanol–water partition coefficient (Wildman–Crippen LogP) is 5.44. The molecule has 0 atom stereocenters. The number of methoxy groups -OCH3 is 2. The zero-order valence-electron chi connectivity index (χ0n) is 27.0. The summed E-state index contributed by atoms with van der Waals surface area (Å²) in [5.41, 5.74) is 6.44. The van der Waals surface area contributed by atoms with Gasteiger partial charge in [-0.25, -0.2) is 9.97 Å². The molecular formula is C37H35N7O4. The molecule has 242 valence electrons. The van der Waals surface area contributed by atoms with E-state index in [0.717, 1.165) is 83.5 Å². The Bertz CT molecular complexity index is 2400. The smallest absolute Gasteiger partial charge is 0.199 e. The molecule has 4 heterocycles. The van der Waals surface area contributed by atoms with Gasteiger partial charge in [-0.05, 0) is 93.6 Å². The molecule has 0 fully saturated rings. The van der Waals surface area contributed by atoms with Crippen molar-refractivity contribution in [2.24, 2.45) is 0 Å². The number of nitrogens with zero attached hydrogens (tertiary/aromatic N) is 5. The largest absolute Gasteiger partial charge is 0.497 e. The highest BCUT2D eigenvalue weighted by Gasteiger charge is 2.18. The number of ether oxygens (including phenoxy) is 2. The van der Waals surface area contributed by atoms with Crippen molar-refractivity contribution in [3.8, 4) is 11.5 Å². The average Bonchev–Trinajstić information content (AvgIpc) is 3.75. The summed E-state index contributed by atoms with van der Waals surface area (Å²) in [5.74, 6) is 1.29. The predicted molar refractivity (Wildman–Crippen MR) is 192 cm³/mol. The van der Waals surface area contributed by atoms with Gasteiger partial charge in [0.15, 0.2) is 10.9 Å². The Hall–Kier alpha value is -5.68. The fourth-order valence-corrected chi connectivity index (χ4v) is 6.92. The second-order valence-corrected chi connectivity index (χ2v) is 12.2. The van der Waals surface area contributed by atoms with E-state index in [-0.39, 0.29) is 10.9 Å². The van der Waals surface area contributed by atoms with E-state index < -0.39 is 0 Å². The quantitative estimate of drug-likeness (QED) is 0.133. The number of rotatable bonds is 12. The maximum atomic E-state index is 13.7. The van der Waals surface area contributed by atoms with Gasteiger partial charge in [0.25, 0.3) is 0 Å². The zero-order chi connectivity index (χ0) is 32.9.